The molecule has 0 bridgehead atoms. The zero-order valence-corrected chi connectivity index (χ0v) is 18.2. The van der Waals surface area contributed by atoms with Gasteiger partial charge in [0.15, 0.2) is 0 Å². The molecule has 1 aliphatic heterocycles. The van der Waals surface area contributed by atoms with Gasteiger partial charge in [-0.05, 0) is 31.2 Å². The molecule has 0 aliphatic carbocycles. The zero-order valence-electron chi connectivity index (χ0n) is 17.4. The van der Waals surface area contributed by atoms with Crippen molar-refractivity contribution < 1.29 is 19.1 Å². The first kappa shape index (κ1) is 20.8. The topological polar surface area (TPSA) is 93.7 Å². The maximum absolute atomic E-state index is 12.7. The fraction of sp³-hybridized carbons (Fsp3) is 0.273. The van der Waals surface area contributed by atoms with Crippen LogP contribution >= 0.6 is 11.3 Å². The van der Waals surface area contributed by atoms with Crippen molar-refractivity contribution in [2.24, 2.45) is 0 Å². The summed E-state index contributed by atoms with van der Waals surface area (Å²) in [6, 6.07) is 12.8. The molecule has 1 fully saturated rings. The van der Waals surface area contributed by atoms with E-state index in [2.05, 4.69) is 15.5 Å². The number of ether oxygens (including phenoxy) is 2. The van der Waals surface area contributed by atoms with E-state index in [1.54, 1.807) is 30.2 Å². The molecule has 31 heavy (non-hydrogen) atoms. The Hall–Kier alpha value is -3.46. The van der Waals surface area contributed by atoms with E-state index in [9.17, 15) is 9.59 Å². The molecule has 1 N–H and O–H groups in total. The van der Waals surface area contributed by atoms with Gasteiger partial charge in [0.2, 0.25) is 11.0 Å². The maximum atomic E-state index is 12.7. The quantitative estimate of drug-likeness (QED) is 0.632. The average Bonchev–Trinajstić information content (AvgIpc) is 3.40. The first-order valence-corrected chi connectivity index (χ1v) is 10.5. The van der Waals surface area contributed by atoms with Crippen molar-refractivity contribution >= 4 is 34.0 Å². The molecule has 8 nitrogen and oxygen atoms in total. The molecular weight excluding hydrogens is 416 g/mol. The van der Waals surface area contributed by atoms with Gasteiger partial charge in [-0.3, -0.25) is 14.9 Å². The Morgan fingerprint density at radius 2 is 1.90 bits per heavy atom. The van der Waals surface area contributed by atoms with Gasteiger partial charge in [0, 0.05) is 30.6 Å². The van der Waals surface area contributed by atoms with Crippen LogP contribution in [0.2, 0.25) is 0 Å². The molecule has 1 atom stereocenters. The number of carbonyl (C=O) groups is 2. The third kappa shape index (κ3) is 4.36. The number of methoxy groups -OCH3 is 2. The molecule has 0 saturated carbocycles. The average molecular weight is 439 g/mol. The number of carbonyl (C=O) groups excluding carboxylic acids is 2. The molecule has 0 radical (unpaired) electrons. The predicted octanol–water partition coefficient (Wildman–Crippen LogP) is 3.64. The first-order chi connectivity index (χ1) is 15.0. The van der Waals surface area contributed by atoms with Crippen LogP contribution in [-0.2, 0) is 4.79 Å². The normalized spacial score (nSPS) is 15.8. The third-order valence-corrected chi connectivity index (χ3v) is 6.14. The highest BCUT2D eigenvalue weighted by Crippen LogP contribution is 2.34. The fourth-order valence-electron chi connectivity index (χ4n) is 3.45. The van der Waals surface area contributed by atoms with Crippen LogP contribution in [0.1, 0.15) is 33.3 Å². The minimum Gasteiger partial charge on any atom is -0.497 e. The van der Waals surface area contributed by atoms with Crippen molar-refractivity contribution in [3.05, 3.63) is 58.6 Å². The maximum Gasteiger partial charge on any atom is 0.261 e. The van der Waals surface area contributed by atoms with Gasteiger partial charge in [-0.15, -0.1) is 10.2 Å². The number of hydrogen-bond acceptors (Lipinski definition) is 7. The third-order valence-electron chi connectivity index (χ3n) is 5.13. The summed E-state index contributed by atoms with van der Waals surface area (Å²) < 4.78 is 10.5. The van der Waals surface area contributed by atoms with E-state index in [4.69, 9.17) is 9.47 Å². The second-order valence-corrected chi connectivity index (χ2v) is 8.22. The number of amides is 2. The second-order valence-electron chi connectivity index (χ2n) is 7.21. The number of benzene rings is 2. The number of rotatable bonds is 6. The number of anilines is 2. The minimum atomic E-state index is -0.356. The summed E-state index contributed by atoms with van der Waals surface area (Å²) in [6.07, 6.45) is 0.364. The molecule has 1 saturated heterocycles. The highest BCUT2D eigenvalue weighted by atomic mass is 32.1. The van der Waals surface area contributed by atoms with Gasteiger partial charge < -0.3 is 14.4 Å². The molecule has 2 amide bonds. The Balaban J connectivity index is 1.46. The molecule has 160 valence electrons. The molecule has 1 aliphatic rings. The van der Waals surface area contributed by atoms with Crippen molar-refractivity contribution in [3.63, 3.8) is 0 Å². The Kier molecular flexibility index (Phi) is 5.85. The number of aryl methyl sites for hydroxylation is 1. The molecule has 3 aromatic rings. The van der Waals surface area contributed by atoms with Crippen LogP contribution in [0.25, 0.3) is 0 Å². The zero-order chi connectivity index (χ0) is 22.0. The monoisotopic (exact) mass is 438 g/mol. The molecule has 2 aromatic carbocycles. The summed E-state index contributed by atoms with van der Waals surface area (Å²) in [5.74, 6) is 0.628. The summed E-state index contributed by atoms with van der Waals surface area (Å²) in [4.78, 5) is 27.0. The van der Waals surface area contributed by atoms with E-state index in [1.807, 2.05) is 31.2 Å². The number of aromatic nitrogens is 2. The summed E-state index contributed by atoms with van der Waals surface area (Å²) in [7, 11) is 3.04. The molecular formula is C22H22N4O4S. The van der Waals surface area contributed by atoms with Crippen LogP contribution in [0.15, 0.2) is 42.5 Å². The Labute approximate surface area is 183 Å². The number of nitrogens with one attached hydrogen (secondary N) is 1. The summed E-state index contributed by atoms with van der Waals surface area (Å²) in [6.45, 7) is 2.55. The standard InChI is InChI=1S/C22H22N4O4S/c1-13-4-6-15(7-5-13)26-12-14(10-19(26)27)21-24-25-22(31-21)23-20(28)17-9-8-16(29-2)11-18(17)30-3/h4-9,11,14H,10,12H2,1-3H3,(H,23,25,28). The van der Waals surface area contributed by atoms with Crippen molar-refractivity contribution in [2.75, 3.05) is 31.0 Å². The summed E-state index contributed by atoms with van der Waals surface area (Å²) in [5.41, 5.74) is 2.38. The number of hydrogen-bond donors (Lipinski definition) is 1. The van der Waals surface area contributed by atoms with Crippen LogP contribution in [-0.4, -0.2) is 42.8 Å². The van der Waals surface area contributed by atoms with E-state index in [0.717, 1.165) is 16.3 Å². The van der Waals surface area contributed by atoms with Crippen molar-refractivity contribution in [3.8, 4) is 11.5 Å². The van der Waals surface area contributed by atoms with Gasteiger partial charge in [0.05, 0.1) is 19.8 Å². The highest BCUT2D eigenvalue weighted by molar-refractivity contribution is 7.15. The molecule has 9 heteroatoms. The molecule has 0 spiro atoms. The van der Waals surface area contributed by atoms with Crippen molar-refractivity contribution in [1.29, 1.82) is 0 Å². The van der Waals surface area contributed by atoms with E-state index >= 15 is 0 Å². The van der Waals surface area contributed by atoms with Crippen LogP contribution in [0, 0.1) is 6.92 Å². The van der Waals surface area contributed by atoms with Gasteiger partial charge in [0.1, 0.15) is 16.5 Å². The van der Waals surface area contributed by atoms with Crippen LogP contribution in [0.5, 0.6) is 11.5 Å². The summed E-state index contributed by atoms with van der Waals surface area (Å²) >= 11 is 1.28. The SMILES string of the molecule is COc1ccc(C(=O)Nc2nnc(C3CC(=O)N(c4ccc(C)cc4)C3)s2)c(OC)c1. The van der Waals surface area contributed by atoms with Crippen LogP contribution in [0.3, 0.4) is 0 Å². The van der Waals surface area contributed by atoms with Gasteiger partial charge in [-0.2, -0.15) is 0 Å². The van der Waals surface area contributed by atoms with Crippen molar-refractivity contribution in [2.45, 2.75) is 19.3 Å². The molecule has 1 unspecified atom stereocenters. The van der Waals surface area contributed by atoms with Crippen LogP contribution in [0.4, 0.5) is 10.8 Å². The number of nitrogens with zero attached hydrogens (tertiary/aromatic N) is 3. The van der Waals surface area contributed by atoms with Crippen molar-refractivity contribution in [1.82, 2.24) is 10.2 Å². The lowest BCUT2D eigenvalue weighted by atomic mass is 10.1. The van der Waals surface area contributed by atoms with E-state index in [0.29, 0.717) is 35.2 Å². The summed E-state index contributed by atoms with van der Waals surface area (Å²) in [5, 5.41) is 12.2. The van der Waals surface area contributed by atoms with E-state index in [-0.39, 0.29) is 17.7 Å². The Bertz CT molecular complexity index is 1110. The largest absolute Gasteiger partial charge is 0.497 e. The van der Waals surface area contributed by atoms with E-state index < -0.39 is 0 Å². The first-order valence-electron chi connectivity index (χ1n) is 9.72. The lowest BCUT2D eigenvalue weighted by Crippen LogP contribution is -2.24. The second kappa shape index (κ2) is 8.73. The highest BCUT2D eigenvalue weighted by Gasteiger charge is 2.34. The smallest absolute Gasteiger partial charge is 0.261 e. The molecule has 1 aromatic heterocycles. The van der Waals surface area contributed by atoms with Gasteiger partial charge in [-0.1, -0.05) is 29.0 Å². The van der Waals surface area contributed by atoms with Gasteiger partial charge in [0.25, 0.3) is 5.91 Å². The fourth-order valence-corrected chi connectivity index (χ4v) is 4.28. The predicted molar refractivity (Wildman–Crippen MR) is 118 cm³/mol. The lowest BCUT2D eigenvalue weighted by molar-refractivity contribution is -0.117. The molecule has 4 rings (SSSR count). The van der Waals surface area contributed by atoms with Gasteiger partial charge >= 0.3 is 0 Å². The lowest BCUT2D eigenvalue weighted by Gasteiger charge is -2.16. The van der Waals surface area contributed by atoms with E-state index in [1.165, 1.54) is 18.4 Å². The Morgan fingerprint density at radius 3 is 2.61 bits per heavy atom. The molecule has 2 heterocycles. The van der Waals surface area contributed by atoms with Crippen LogP contribution < -0.4 is 19.7 Å². The Morgan fingerprint density at radius 1 is 1.13 bits per heavy atom. The van der Waals surface area contributed by atoms with Gasteiger partial charge in [-0.25, -0.2) is 0 Å². The minimum absolute atomic E-state index is 0.0533.